The summed E-state index contributed by atoms with van der Waals surface area (Å²) in [5.74, 6) is -0.0179. The van der Waals surface area contributed by atoms with Gasteiger partial charge in [-0.25, -0.2) is 9.78 Å². The minimum atomic E-state index is -0.569. The number of para-hydroxylation sites is 1. The molecule has 3 heterocycles. The zero-order chi connectivity index (χ0) is 21.4. The van der Waals surface area contributed by atoms with E-state index in [0.29, 0.717) is 12.4 Å². The van der Waals surface area contributed by atoms with Gasteiger partial charge in [0.2, 0.25) is 5.91 Å². The second-order valence-electron chi connectivity index (χ2n) is 7.56. The summed E-state index contributed by atoms with van der Waals surface area (Å²) in [4.78, 5) is 45.8. The van der Waals surface area contributed by atoms with E-state index in [0.717, 1.165) is 30.7 Å². The number of anilines is 1. The zero-order valence-corrected chi connectivity index (χ0v) is 17.1. The summed E-state index contributed by atoms with van der Waals surface area (Å²) in [6.45, 7) is 3.64. The van der Waals surface area contributed by atoms with Crippen LogP contribution in [-0.4, -0.2) is 55.7 Å². The lowest BCUT2D eigenvalue weighted by atomic mass is 10.2. The van der Waals surface area contributed by atoms with E-state index >= 15 is 0 Å². The van der Waals surface area contributed by atoms with Gasteiger partial charge in [0, 0.05) is 46.0 Å². The number of imidazole rings is 1. The van der Waals surface area contributed by atoms with Crippen molar-refractivity contribution < 1.29 is 4.79 Å². The van der Waals surface area contributed by atoms with Crippen LogP contribution in [0.25, 0.3) is 11.2 Å². The molecule has 2 N–H and O–H groups in total. The number of primary amides is 1. The fourth-order valence-electron chi connectivity index (χ4n) is 3.94. The zero-order valence-electron chi connectivity index (χ0n) is 17.1. The Kier molecular flexibility index (Phi) is 5.17. The Bertz CT molecular complexity index is 1200. The van der Waals surface area contributed by atoms with Crippen molar-refractivity contribution in [1.82, 2.24) is 23.6 Å². The van der Waals surface area contributed by atoms with E-state index in [4.69, 9.17) is 5.73 Å². The third-order valence-corrected chi connectivity index (χ3v) is 5.60. The summed E-state index contributed by atoms with van der Waals surface area (Å²) in [6.07, 6.45) is 0. The number of benzene rings is 1. The predicted molar refractivity (Wildman–Crippen MR) is 113 cm³/mol. The van der Waals surface area contributed by atoms with Gasteiger partial charge in [-0.2, -0.15) is 0 Å². The van der Waals surface area contributed by atoms with Gasteiger partial charge >= 0.3 is 5.69 Å². The monoisotopic (exact) mass is 411 g/mol. The largest absolute Gasteiger partial charge is 0.369 e. The van der Waals surface area contributed by atoms with E-state index in [9.17, 15) is 14.4 Å². The van der Waals surface area contributed by atoms with Crippen LogP contribution in [0.1, 0.15) is 5.82 Å². The standard InChI is InChI=1S/C20H25N7O3/c1-23-18-17(19(29)24(2)20(23)30)27(12-15(21)28)16(22-18)13-25-8-10-26(11-9-25)14-6-4-3-5-7-14/h3-7H,8-13H2,1-2H3,(H2,21,28). The number of hydrogen-bond acceptors (Lipinski definition) is 6. The van der Waals surface area contributed by atoms with Crippen LogP contribution in [0.5, 0.6) is 0 Å². The first-order chi connectivity index (χ1) is 14.4. The Morgan fingerprint density at radius 2 is 1.70 bits per heavy atom. The average Bonchev–Trinajstić information content (AvgIpc) is 3.09. The quantitative estimate of drug-likeness (QED) is 0.591. The lowest BCUT2D eigenvalue weighted by Crippen LogP contribution is -2.46. The highest BCUT2D eigenvalue weighted by atomic mass is 16.2. The summed E-state index contributed by atoms with van der Waals surface area (Å²) in [5.41, 5.74) is 6.16. The first kappa shape index (κ1) is 19.9. The number of fused-ring (bicyclic) bond motifs is 1. The topological polar surface area (TPSA) is 111 Å². The van der Waals surface area contributed by atoms with Crippen molar-refractivity contribution in [1.29, 1.82) is 0 Å². The number of nitrogens with two attached hydrogens (primary N) is 1. The number of hydrogen-bond donors (Lipinski definition) is 1. The Hall–Kier alpha value is -3.40. The van der Waals surface area contributed by atoms with Crippen molar-refractivity contribution >= 4 is 22.8 Å². The number of aromatic nitrogens is 4. The van der Waals surface area contributed by atoms with Crippen LogP contribution in [0.2, 0.25) is 0 Å². The smallest absolute Gasteiger partial charge is 0.332 e. The molecule has 1 saturated heterocycles. The third kappa shape index (κ3) is 3.50. The number of aryl methyl sites for hydroxylation is 1. The molecule has 0 saturated carbocycles. The molecule has 0 radical (unpaired) electrons. The molecule has 10 nitrogen and oxygen atoms in total. The molecule has 10 heteroatoms. The maximum atomic E-state index is 12.7. The second-order valence-corrected chi connectivity index (χ2v) is 7.56. The van der Waals surface area contributed by atoms with Crippen molar-refractivity contribution in [2.45, 2.75) is 13.1 Å². The van der Waals surface area contributed by atoms with Crippen molar-refractivity contribution in [2.75, 3.05) is 31.1 Å². The first-order valence-corrected chi connectivity index (χ1v) is 9.82. The number of nitrogens with zero attached hydrogens (tertiary/aromatic N) is 6. The molecule has 1 aromatic carbocycles. The first-order valence-electron chi connectivity index (χ1n) is 9.82. The van der Waals surface area contributed by atoms with E-state index in [2.05, 4.69) is 26.9 Å². The molecule has 0 atom stereocenters. The van der Waals surface area contributed by atoms with Gasteiger partial charge in [0.05, 0.1) is 6.54 Å². The van der Waals surface area contributed by atoms with Crippen LogP contribution >= 0.6 is 0 Å². The SMILES string of the molecule is Cn1c(=O)c2c(nc(CN3CCN(c4ccccc4)CC3)n2CC(N)=O)n(C)c1=O. The Balaban J connectivity index is 1.64. The summed E-state index contributed by atoms with van der Waals surface area (Å²) >= 11 is 0. The van der Waals surface area contributed by atoms with Crippen molar-refractivity contribution in [2.24, 2.45) is 19.8 Å². The van der Waals surface area contributed by atoms with Gasteiger partial charge in [-0.3, -0.25) is 23.6 Å². The van der Waals surface area contributed by atoms with Gasteiger partial charge < -0.3 is 15.2 Å². The molecule has 158 valence electrons. The summed E-state index contributed by atoms with van der Waals surface area (Å²) in [7, 11) is 2.97. The van der Waals surface area contributed by atoms with Gasteiger partial charge in [0.15, 0.2) is 11.2 Å². The molecule has 1 amide bonds. The molecule has 0 aliphatic carbocycles. The van der Waals surface area contributed by atoms with Gasteiger partial charge in [0.1, 0.15) is 12.4 Å². The number of carbonyl (C=O) groups is 1. The number of amides is 1. The van der Waals surface area contributed by atoms with Gasteiger partial charge in [-0.1, -0.05) is 18.2 Å². The molecule has 0 bridgehead atoms. The Morgan fingerprint density at radius 1 is 1.03 bits per heavy atom. The second kappa shape index (κ2) is 7.79. The normalized spacial score (nSPS) is 15.1. The van der Waals surface area contributed by atoms with Crippen LogP contribution in [0.3, 0.4) is 0 Å². The molecule has 3 aromatic rings. The van der Waals surface area contributed by atoms with E-state index in [1.54, 1.807) is 11.6 Å². The van der Waals surface area contributed by atoms with Crippen molar-refractivity contribution in [3.8, 4) is 0 Å². The molecule has 30 heavy (non-hydrogen) atoms. The summed E-state index contributed by atoms with van der Waals surface area (Å²) in [5, 5.41) is 0. The molecule has 4 rings (SSSR count). The fraction of sp³-hybridized carbons (Fsp3) is 0.400. The van der Waals surface area contributed by atoms with Crippen LogP contribution in [0, 0.1) is 0 Å². The van der Waals surface area contributed by atoms with Crippen molar-refractivity contribution in [3.05, 3.63) is 57.0 Å². The van der Waals surface area contributed by atoms with Gasteiger partial charge in [0.25, 0.3) is 5.56 Å². The predicted octanol–water partition coefficient (Wildman–Crippen LogP) is -0.759. The summed E-state index contributed by atoms with van der Waals surface area (Å²) in [6, 6.07) is 10.2. The molecule has 2 aromatic heterocycles. The van der Waals surface area contributed by atoms with Crippen molar-refractivity contribution in [3.63, 3.8) is 0 Å². The fourth-order valence-corrected chi connectivity index (χ4v) is 3.94. The highest BCUT2D eigenvalue weighted by Crippen LogP contribution is 2.18. The minimum Gasteiger partial charge on any atom is -0.369 e. The van der Waals surface area contributed by atoms with Crippen LogP contribution in [0.4, 0.5) is 5.69 Å². The van der Waals surface area contributed by atoms with Gasteiger partial charge in [-0.15, -0.1) is 0 Å². The maximum Gasteiger partial charge on any atom is 0.332 e. The van der Waals surface area contributed by atoms with E-state index in [-0.39, 0.29) is 17.7 Å². The number of piperazine rings is 1. The highest BCUT2D eigenvalue weighted by Gasteiger charge is 2.23. The minimum absolute atomic E-state index is 0.163. The molecule has 1 aliphatic rings. The highest BCUT2D eigenvalue weighted by molar-refractivity contribution is 5.78. The van der Waals surface area contributed by atoms with E-state index in [1.807, 2.05) is 18.2 Å². The average molecular weight is 411 g/mol. The lowest BCUT2D eigenvalue weighted by Gasteiger charge is -2.35. The molecular weight excluding hydrogens is 386 g/mol. The third-order valence-electron chi connectivity index (χ3n) is 5.60. The Labute approximate surface area is 172 Å². The van der Waals surface area contributed by atoms with Crippen LogP contribution in [0.15, 0.2) is 39.9 Å². The molecule has 1 aliphatic heterocycles. The molecule has 1 fully saturated rings. The molecule has 0 unspecified atom stereocenters. The van der Waals surface area contributed by atoms with E-state index < -0.39 is 17.2 Å². The van der Waals surface area contributed by atoms with Crippen LogP contribution < -0.4 is 21.9 Å². The maximum absolute atomic E-state index is 12.7. The van der Waals surface area contributed by atoms with E-state index in [1.165, 1.54) is 17.3 Å². The van der Waals surface area contributed by atoms with Gasteiger partial charge in [-0.05, 0) is 12.1 Å². The van der Waals surface area contributed by atoms with Crippen LogP contribution in [-0.2, 0) is 32.0 Å². The molecule has 0 spiro atoms. The lowest BCUT2D eigenvalue weighted by molar-refractivity contribution is -0.118. The number of carbonyl (C=O) groups excluding carboxylic acids is 1. The Morgan fingerprint density at radius 3 is 2.33 bits per heavy atom. The number of rotatable bonds is 5. The molecular formula is C20H25N7O3. The summed E-state index contributed by atoms with van der Waals surface area (Å²) < 4.78 is 3.89.